The van der Waals surface area contributed by atoms with E-state index in [0.29, 0.717) is 25.3 Å². The van der Waals surface area contributed by atoms with E-state index in [2.05, 4.69) is 15.3 Å². The van der Waals surface area contributed by atoms with Gasteiger partial charge in [0.2, 0.25) is 12.3 Å². The number of para-hydroxylation sites is 1. The number of ether oxygens (including phenoxy) is 1. The first kappa shape index (κ1) is 15.0. The Labute approximate surface area is 131 Å². The fourth-order valence-electron chi connectivity index (χ4n) is 2.30. The molecule has 0 aliphatic carbocycles. The summed E-state index contributed by atoms with van der Waals surface area (Å²) >= 11 is 0. The number of halogens is 1. The van der Waals surface area contributed by atoms with Gasteiger partial charge < -0.3 is 14.6 Å². The number of nitrogens with one attached hydrogen (secondary N) is 1. The maximum atomic E-state index is 13.7. The van der Waals surface area contributed by atoms with Gasteiger partial charge in [0.1, 0.15) is 17.5 Å². The van der Waals surface area contributed by atoms with Gasteiger partial charge in [-0.2, -0.15) is 0 Å². The number of benzene rings is 1. The lowest BCUT2D eigenvalue weighted by Gasteiger charge is -2.17. The molecule has 118 valence electrons. The van der Waals surface area contributed by atoms with Crippen LogP contribution in [0.4, 0.5) is 4.39 Å². The molecule has 0 spiro atoms. The van der Waals surface area contributed by atoms with E-state index in [1.165, 1.54) is 6.07 Å². The highest BCUT2D eigenvalue weighted by atomic mass is 19.1. The van der Waals surface area contributed by atoms with E-state index in [0.717, 1.165) is 5.39 Å². The van der Waals surface area contributed by atoms with Crippen molar-refractivity contribution in [3.05, 3.63) is 54.9 Å². The van der Waals surface area contributed by atoms with Crippen LogP contribution in [0.3, 0.4) is 0 Å². The molecular formula is C16H15FN4O2. The van der Waals surface area contributed by atoms with Crippen molar-refractivity contribution in [2.75, 3.05) is 6.61 Å². The SMILES string of the molecule is O=CNC(CCOc1ccc2cccc(F)c2n1)n1ccnc1. The van der Waals surface area contributed by atoms with Gasteiger partial charge in [0.25, 0.3) is 0 Å². The third kappa shape index (κ3) is 3.45. The first-order valence-corrected chi connectivity index (χ1v) is 7.13. The van der Waals surface area contributed by atoms with E-state index < -0.39 is 0 Å². The van der Waals surface area contributed by atoms with Gasteiger partial charge in [0, 0.05) is 30.3 Å². The summed E-state index contributed by atoms with van der Waals surface area (Å²) in [5, 5.41) is 3.41. The summed E-state index contributed by atoms with van der Waals surface area (Å²) in [7, 11) is 0. The zero-order chi connectivity index (χ0) is 16.1. The highest BCUT2D eigenvalue weighted by Crippen LogP contribution is 2.19. The van der Waals surface area contributed by atoms with Gasteiger partial charge in [-0.3, -0.25) is 4.79 Å². The Morgan fingerprint density at radius 1 is 1.35 bits per heavy atom. The molecule has 1 atom stereocenters. The topological polar surface area (TPSA) is 69.0 Å². The van der Waals surface area contributed by atoms with Crippen molar-refractivity contribution in [1.82, 2.24) is 19.9 Å². The molecule has 0 saturated heterocycles. The Kier molecular flexibility index (Phi) is 4.46. The summed E-state index contributed by atoms with van der Waals surface area (Å²) in [5.74, 6) is -0.0371. The Morgan fingerprint density at radius 2 is 2.26 bits per heavy atom. The Morgan fingerprint density at radius 3 is 3.04 bits per heavy atom. The van der Waals surface area contributed by atoms with Gasteiger partial charge in [0.05, 0.1) is 12.9 Å². The first-order valence-electron chi connectivity index (χ1n) is 7.13. The number of carbonyl (C=O) groups is 1. The molecule has 6 nitrogen and oxygen atoms in total. The lowest BCUT2D eigenvalue weighted by Crippen LogP contribution is -2.26. The van der Waals surface area contributed by atoms with Crippen LogP contribution in [0, 0.1) is 5.82 Å². The molecule has 0 fully saturated rings. The highest BCUT2D eigenvalue weighted by Gasteiger charge is 2.10. The monoisotopic (exact) mass is 314 g/mol. The van der Waals surface area contributed by atoms with Crippen LogP contribution < -0.4 is 10.1 Å². The second kappa shape index (κ2) is 6.87. The standard InChI is InChI=1S/C16H15FN4O2/c17-13-3-1-2-12-4-5-15(20-16(12)13)23-9-6-14(19-11-22)21-8-7-18-10-21/h1-5,7-8,10-11,14H,6,9H2,(H,19,22). The zero-order valence-corrected chi connectivity index (χ0v) is 12.2. The molecule has 3 rings (SSSR count). The second-order valence-corrected chi connectivity index (χ2v) is 4.91. The van der Waals surface area contributed by atoms with Crippen molar-refractivity contribution in [1.29, 1.82) is 0 Å². The van der Waals surface area contributed by atoms with E-state index in [1.807, 2.05) is 0 Å². The van der Waals surface area contributed by atoms with E-state index in [4.69, 9.17) is 4.74 Å². The average molecular weight is 314 g/mol. The van der Waals surface area contributed by atoms with E-state index >= 15 is 0 Å². The molecule has 0 bridgehead atoms. The average Bonchev–Trinajstić information content (AvgIpc) is 3.09. The summed E-state index contributed by atoms with van der Waals surface area (Å²) in [6.07, 6.45) is 5.90. The van der Waals surface area contributed by atoms with E-state index in [1.54, 1.807) is 47.6 Å². The molecule has 1 unspecified atom stereocenters. The van der Waals surface area contributed by atoms with Crippen LogP contribution in [0.5, 0.6) is 5.88 Å². The van der Waals surface area contributed by atoms with Crippen molar-refractivity contribution in [2.45, 2.75) is 12.6 Å². The van der Waals surface area contributed by atoms with Gasteiger partial charge in [-0.25, -0.2) is 14.4 Å². The van der Waals surface area contributed by atoms with E-state index in [9.17, 15) is 9.18 Å². The summed E-state index contributed by atoms with van der Waals surface area (Å²) in [6, 6.07) is 8.25. The minimum absolute atomic E-state index is 0.257. The molecule has 0 aliphatic rings. The smallest absolute Gasteiger partial charge is 0.213 e. The summed E-state index contributed by atoms with van der Waals surface area (Å²) in [4.78, 5) is 18.8. The molecule has 7 heteroatoms. The molecule has 0 radical (unpaired) electrons. The number of hydrogen-bond donors (Lipinski definition) is 1. The second-order valence-electron chi connectivity index (χ2n) is 4.91. The number of amides is 1. The van der Waals surface area contributed by atoms with Crippen molar-refractivity contribution in [3.63, 3.8) is 0 Å². The van der Waals surface area contributed by atoms with Gasteiger partial charge in [0.15, 0.2) is 0 Å². The summed E-state index contributed by atoms with van der Waals surface area (Å²) < 4.78 is 21.1. The fraction of sp³-hybridized carbons (Fsp3) is 0.188. The van der Waals surface area contributed by atoms with Gasteiger partial charge in [-0.15, -0.1) is 0 Å². The van der Waals surface area contributed by atoms with Gasteiger partial charge in [-0.05, 0) is 12.1 Å². The number of rotatable bonds is 7. The number of aromatic nitrogens is 3. The van der Waals surface area contributed by atoms with Crippen LogP contribution in [0.25, 0.3) is 10.9 Å². The van der Waals surface area contributed by atoms with Crippen molar-refractivity contribution >= 4 is 17.3 Å². The van der Waals surface area contributed by atoms with Crippen LogP contribution in [-0.2, 0) is 4.79 Å². The number of pyridine rings is 1. The molecule has 0 aliphatic heterocycles. The van der Waals surface area contributed by atoms with E-state index in [-0.39, 0.29) is 17.5 Å². The number of hydrogen-bond acceptors (Lipinski definition) is 4. The molecule has 1 amide bonds. The third-order valence-corrected chi connectivity index (χ3v) is 3.43. The lowest BCUT2D eigenvalue weighted by atomic mass is 10.2. The maximum absolute atomic E-state index is 13.7. The van der Waals surface area contributed by atoms with Crippen molar-refractivity contribution in [2.24, 2.45) is 0 Å². The molecule has 3 aromatic rings. The van der Waals surface area contributed by atoms with Crippen molar-refractivity contribution in [3.8, 4) is 5.88 Å². The minimum atomic E-state index is -0.383. The quantitative estimate of drug-likeness (QED) is 0.679. The number of fused-ring (bicyclic) bond motifs is 1. The first-order chi connectivity index (χ1) is 11.3. The van der Waals surface area contributed by atoms with Crippen LogP contribution in [0.15, 0.2) is 49.1 Å². The van der Waals surface area contributed by atoms with Crippen LogP contribution in [0.1, 0.15) is 12.6 Å². The van der Waals surface area contributed by atoms with Crippen molar-refractivity contribution < 1.29 is 13.9 Å². The maximum Gasteiger partial charge on any atom is 0.213 e. The molecule has 2 heterocycles. The normalized spacial score (nSPS) is 12.0. The Bertz CT molecular complexity index is 792. The van der Waals surface area contributed by atoms with Crippen LogP contribution in [0.2, 0.25) is 0 Å². The lowest BCUT2D eigenvalue weighted by molar-refractivity contribution is -0.110. The van der Waals surface area contributed by atoms with Crippen LogP contribution in [-0.4, -0.2) is 27.6 Å². The molecule has 1 aromatic carbocycles. The summed E-state index contributed by atoms with van der Waals surface area (Å²) in [5.41, 5.74) is 0.280. The number of carbonyl (C=O) groups excluding carboxylic acids is 1. The molecule has 0 saturated carbocycles. The Hall–Kier alpha value is -2.96. The number of nitrogens with zero attached hydrogens (tertiary/aromatic N) is 3. The highest BCUT2D eigenvalue weighted by molar-refractivity contribution is 5.79. The third-order valence-electron chi connectivity index (χ3n) is 3.43. The summed E-state index contributed by atoms with van der Waals surface area (Å²) in [6.45, 7) is 0.316. The zero-order valence-electron chi connectivity index (χ0n) is 12.2. The van der Waals surface area contributed by atoms with Gasteiger partial charge in [-0.1, -0.05) is 12.1 Å². The van der Waals surface area contributed by atoms with Gasteiger partial charge >= 0.3 is 0 Å². The molecule has 1 N–H and O–H groups in total. The predicted molar refractivity (Wildman–Crippen MR) is 82.3 cm³/mol. The minimum Gasteiger partial charge on any atom is -0.477 e. The fourth-order valence-corrected chi connectivity index (χ4v) is 2.30. The number of imidazole rings is 1. The molecule has 23 heavy (non-hydrogen) atoms. The molecular weight excluding hydrogens is 299 g/mol. The largest absolute Gasteiger partial charge is 0.477 e. The molecule has 2 aromatic heterocycles. The van der Waals surface area contributed by atoms with Crippen LogP contribution >= 0.6 is 0 Å². The Balaban J connectivity index is 1.66. The predicted octanol–water partition coefficient (Wildman–Crippen LogP) is 2.28.